The first-order valence-electron chi connectivity index (χ1n) is 7.50. The van der Waals surface area contributed by atoms with Gasteiger partial charge in [0.05, 0.1) is 11.4 Å². The molecule has 1 aromatic carbocycles. The van der Waals surface area contributed by atoms with Gasteiger partial charge in [0.1, 0.15) is 0 Å². The molecule has 112 valence electrons. The fraction of sp³-hybridized carbons (Fsp3) is 0.444. The minimum atomic E-state index is 0.270. The van der Waals surface area contributed by atoms with Gasteiger partial charge in [-0.05, 0) is 24.3 Å². The summed E-state index contributed by atoms with van der Waals surface area (Å²) < 4.78 is 0. The van der Waals surface area contributed by atoms with Gasteiger partial charge in [-0.25, -0.2) is 0 Å². The highest BCUT2D eigenvalue weighted by atomic mass is 14.9. The third kappa shape index (κ3) is 5.27. The molecule has 0 aliphatic carbocycles. The first kappa shape index (κ1) is 15.6. The van der Waals surface area contributed by atoms with E-state index >= 15 is 0 Å². The summed E-state index contributed by atoms with van der Waals surface area (Å²) in [6.07, 6.45) is 4.75. The molecule has 2 rings (SSSR count). The van der Waals surface area contributed by atoms with E-state index in [2.05, 4.69) is 66.4 Å². The molecule has 3 nitrogen and oxygen atoms in total. The maximum absolute atomic E-state index is 4.42. The van der Waals surface area contributed by atoms with Gasteiger partial charge in [-0.1, -0.05) is 51.1 Å². The lowest BCUT2D eigenvalue weighted by atomic mass is 9.85. The first-order valence-corrected chi connectivity index (χ1v) is 7.50. The van der Waals surface area contributed by atoms with Gasteiger partial charge < -0.3 is 5.32 Å². The third-order valence-corrected chi connectivity index (χ3v) is 3.38. The maximum atomic E-state index is 4.42. The molecule has 0 radical (unpaired) electrons. The molecule has 1 heterocycles. The monoisotopic (exact) mass is 283 g/mol. The molecule has 0 spiro atoms. The Bertz CT molecular complexity index is 541. The highest BCUT2D eigenvalue weighted by molar-refractivity contribution is 5.19. The van der Waals surface area contributed by atoms with E-state index in [4.69, 9.17) is 0 Å². The molecule has 0 saturated heterocycles. The van der Waals surface area contributed by atoms with Crippen LogP contribution in [0.15, 0.2) is 42.7 Å². The van der Waals surface area contributed by atoms with Crippen LogP contribution in [0.3, 0.4) is 0 Å². The minimum absolute atomic E-state index is 0.270. The number of nitrogens with zero attached hydrogens (tertiary/aromatic N) is 2. The molecule has 3 heteroatoms. The number of hydrogen-bond donors (Lipinski definition) is 1. The number of rotatable bonds is 5. The smallest absolute Gasteiger partial charge is 0.0724 e. The molecule has 0 saturated carbocycles. The summed E-state index contributed by atoms with van der Waals surface area (Å²) >= 11 is 0. The molecular weight excluding hydrogens is 258 g/mol. The minimum Gasteiger partial charge on any atom is -0.304 e. The summed E-state index contributed by atoms with van der Waals surface area (Å²) in [6, 6.07) is 10.9. The van der Waals surface area contributed by atoms with Crippen LogP contribution in [0.5, 0.6) is 0 Å². The summed E-state index contributed by atoms with van der Waals surface area (Å²) in [5, 5.41) is 3.63. The van der Waals surface area contributed by atoms with Crippen molar-refractivity contribution < 1.29 is 0 Å². The van der Waals surface area contributed by atoms with Crippen molar-refractivity contribution in [2.45, 2.75) is 46.7 Å². The van der Waals surface area contributed by atoms with E-state index in [0.29, 0.717) is 6.04 Å². The quantitative estimate of drug-likeness (QED) is 0.899. The van der Waals surface area contributed by atoms with E-state index in [1.807, 2.05) is 19.3 Å². The summed E-state index contributed by atoms with van der Waals surface area (Å²) in [5.41, 5.74) is 3.53. The van der Waals surface area contributed by atoms with E-state index in [9.17, 15) is 0 Å². The first-order chi connectivity index (χ1) is 9.94. The van der Waals surface area contributed by atoms with Crippen LogP contribution < -0.4 is 5.32 Å². The lowest BCUT2D eigenvalue weighted by Crippen LogP contribution is -2.26. The van der Waals surface area contributed by atoms with Gasteiger partial charge in [-0.3, -0.25) is 9.97 Å². The SMILES string of the molecule is Cc1cnc(CNC(CC(C)(C)C)c2ccccc2)cn1. The highest BCUT2D eigenvalue weighted by Crippen LogP contribution is 2.29. The van der Waals surface area contributed by atoms with Crippen molar-refractivity contribution in [3.05, 3.63) is 59.7 Å². The lowest BCUT2D eigenvalue weighted by molar-refractivity contribution is 0.309. The Morgan fingerprint density at radius 2 is 1.76 bits per heavy atom. The Kier molecular flexibility index (Phi) is 5.07. The second-order valence-corrected chi connectivity index (χ2v) is 6.76. The summed E-state index contributed by atoms with van der Waals surface area (Å²) in [5.74, 6) is 0. The van der Waals surface area contributed by atoms with Crippen molar-refractivity contribution in [3.8, 4) is 0 Å². The van der Waals surface area contributed by atoms with Crippen LogP contribution >= 0.6 is 0 Å². The molecule has 0 fully saturated rings. The molecule has 0 bridgehead atoms. The fourth-order valence-electron chi connectivity index (χ4n) is 2.34. The predicted octanol–water partition coefficient (Wildman–Crippen LogP) is 4.05. The number of aryl methyl sites for hydroxylation is 1. The van der Waals surface area contributed by atoms with E-state index in [0.717, 1.165) is 24.4 Å². The van der Waals surface area contributed by atoms with E-state index in [1.165, 1.54) is 5.56 Å². The second kappa shape index (κ2) is 6.81. The third-order valence-electron chi connectivity index (χ3n) is 3.38. The molecule has 1 unspecified atom stereocenters. The summed E-state index contributed by atoms with van der Waals surface area (Å²) in [7, 11) is 0. The van der Waals surface area contributed by atoms with Gasteiger partial charge in [0.15, 0.2) is 0 Å². The normalized spacial score (nSPS) is 13.1. The maximum Gasteiger partial charge on any atom is 0.0724 e. The lowest BCUT2D eigenvalue weighted by Gasteiger charge is -2.27. The topological polar surface area (TPSA) is 37.8 Å². The Morgan fingerprint density at radius 1 is 1.05 bits per heavy atom. The van der Waals surface area contributed by atoms with Crippen LogP contribution in [0.25, 0.3) is 0 Å². The molecule has 0 aliphatic heterocycles. The molecule has 1 atom stereocenters. The van der Waals surface area contributed by atoms with Crippen molar-refractivity contribution in [1.29, 1.82) is 0 Å². The molecule has 1 aromatic heterocycles. The van der Waals surface area contributed by atoms with Crippen LogP contribution in [0.1, 0.15) is 50.2 Å². The van der Waals surface area contributed by atoms with E-state index in [1.54, 1.807) is 0 Å². The zero-order valence-corrected chi connectivity index (χ0v) is 13.4. The van der Waals surface area contributed by atoms with Crippen molar-refractivity contribution in [2.24, 2.45) is 5.41 Å². The molecule has 21 heavy (non-hydrogen) atoms. The standard InChI is InChI=1S/C18H25N3/c1-14-11-20-16(12-19-14)13-21-17(10-18(2,3)4)15-8-6-5-7-9-15/h5-9,11-12,17,21H,10,13H2,1-4H3. The molecule has 0 aliphatic rings. The predicted molar refractivity (Wildman–Crippen MR) is 86.9 cm³/mol. The fourth-order valence-corrected chi connectivity index (χ4v) is 2.34. The Morgan fingerprint density at radius 3 is 2.33 bits per heavy atom. The van der Waals surface area contributed by atoms with Gasteiger partial charge in [0.25, 0.3) is 0 Å². The molecule has 2 aromatic rings. The van der Waals surface area contributed by atoms with Crippen molar-refractivity contribution in [1.82, 2.24) is 15.3 Å². The van der Waals surface area contributed by atoms with E-state index < -0.39 is 0 Å². The number of hydrogen-bond acceptors (Lipinski definition) is 3. The van der Waals surface area contributed by atoms with Crippen LogP contribution in [-0.2, 0) is 6.54 Å². The zero-order chi connectivity index (χ0) is 15.3. The van der Waals surface area contributed by atoms with Gasteiger partial charge in [0, 0.05) is 25.0 Å². The van der Waals surface area contributed by atoms with Crippen molar-refractivity contribution >= 4 is 0 Å². The molecule has 0 amide bonds. The Labute approximate surface area is 127 Å². The Hall–Kier alpha value is -1.74. The number of aromatic nitrogens is 2. The zero-order valence-electron chi connectivity index (χ0n) is 13.4. The van der Waals surface area contributed by atoms with Crippen molar-refractivity contribution in [2.75, 3.05) is 0 Å². The molecule has 1 N–H and O–H groups in total. The Balaban J connectivity index is 2.07. The average Bonchev–Trinajstić information content (AvgIpc) is 2.45. The second-order valence-electron chi connectivity index (χ2n) is 6.76. The van der Waals surface area contributed by atoms with Crippen molar-refractivity contribution in [3.63, 3.8) is 0 Å². The van der Waals surface area contributed by atoms with Crippen LogP contribution in [0, 0.1) is 12.3 Å². The van der Waals surface area contributed by atoms with Crippen LogP contribution in [-0.4, -0.2) is 9.97 Å². The average molecular weight is 283 g/mol. The van der Waals surface area contributed by atoms with Gasteiger partial charge >= 0.3 is 0 Å². The van der Waals surface area contributed by atoms with Gasteiger partial charge in [-0.2, -0.15) is 0 Å². The van der Waals surface area contributed by atoms with E-state index in [-0.39, 0.29) is 5.41 Å². The van der Waals surface area contributed by atoms with Gasteiger partial charge in [0.2, 0.25) is 0 Å². The highest BCUT2D eigenvalue weighted by Gasteiger charge is 2.19. The summed E-state index contributed by atoms with van der Waals surface area (Å²) in [4.78, 5) is 8.72. The number of nitrogens with one attached hydrogen (secondary N) is 1. The molecular formula is C18H25N3. The van der Waals surface area contributed by atoms with Crippen LogP contribution in [0.2, 0.25) is 0 Å². The van der Waals surface area contributed by atoms with Gasteiger partial charge in [-0.15, -0.1) is 0 Å². The summed E-state index contributed by atoms with van der Waals surface area (Å²) in [6.45, 7) is 9.52. The van der Waals surface area contributed by atoms with Crippen LogP contribution in [0.4, 0.5) is 0 Å². The number of benzene rings is 1. The largest absolute Gasteiger partial charge is 0.304 e.